The number of hydrogen-bond donors (Lipinski definition) is 1. The lowest BCUT2D eigenvalue weighted by Crippen LogP contribution is -2.36. The standard InChI is InChI=1S/C25H19F3N4O3/c1-32-23(30)31-24(35-32)13-22(15-6-9-18(10-7-15)34-25(26,27)28)33-21-11-8-16(12-20(21)24)19-5-3-2-4-17(19)14-29/h2-12,22H,13H2,1H3,(H2,30,31). The average molecular weight is 480 g/mol. The normalized spacial score (nSPS) is 21.2. The van der Waals surface area contributed by atoms with Crippen LogP contribution in [0.2, 0.25) is 0 Å². The summed E-state index contributed by atoms with van der Waals surface area (Å²) in [6.07, 6.45) is -5.14. The number of hydroxylamine groups is 2. The minimum absolute atomic E-state index is 0.174. The van der Waals surface area contributed by atoms with E-state index in [1.54, 1.807) is 25.2 Å². The van der Waals surface area contributed by atoms with Gasteiger partial charge in [-0.1, -0.05) is 36.4 Å². The van der Waals surface area contributed by atoms with Crippen LogP contribution in [-0.4, -0.2) is 24.4 Å². The van der Waals surface area contributed by atoms with Crippen molar-refractivity contribution >= 4 is 5.96 Å². The number of hydrogen-bond acceptors (Lipinski definition) is 7. The van der Waals surface area contributed by atoms with Gasteiger partial charge in [0, 0.05) is 13.5 Å². The molecule has 2 atom stereocenters. The Morgan fingerprint density at radius 2 is 1.89 bits per heavy atom. The third kappa shape index (κ3) is 4.22. The highest BCUT2D eigenvalue weighted by Crippen LogP contribution is 2.51. The van der Waals surface area contributed by atoms with E-state index in [1.165, 1.54) is 29.3 Å². The number of aliphatic imine (C=N–C) groups is 1. The molecule has 0 radical (unpaired) electrons. The van der Waals surface area contributed by atoms with Crippen LogP contribution in [0.3, 0.4) is 0 Å². The Bertz CT molecular complexity index is 1350. The predicted molar refractivity (Wildman–Crippen MR) is 120 cm³/mol. The van der Waals surface area contributed by atoms with Crippen molar-refractivity contribution < 1.29 is 27.5 Å². The first-order valence-corrected chi connectivity index (χ1v) is 10.6. The van der Waals surface area contributed by atoms with Crippen LogP contribution in [-0.2, 0) is 10.6 Å². The van der Waals surface area contributed by atoms with Gasteiger partial charge in [0.1, 0.15) is 17.6 Å². The lowest BCUT2D eigenvalue weighted by molar-refractivity contribution is -0.274. The number of alkyl halides is 3. The fraction of sp³-hybridized carbons (Fsp3) is 0.200. The van der Waals surface area contributed by atoms with Crippen LogP contribution in [0.25, 0.3) is 11.1 Å². The van der Waals surface area contributed by atoms with Crippen molar-refractivity contribution in [2.45, 2.75) is 24.6 Å². The number of nitrogens with two attached hydrogens (primary N) is 1. The van der Waals surface area contributed by atoms with Crippen molar-refractivity contribution in [3.05, 3.63) is 83.4 Å². The smallest absolute Gasteiger partial charge is 0.485 e. The highest BCUT2D eigenvalue weighted by atomic mass is 19.4. The van der Waals surface area contributed by atoms with Crippen LogP contribution >= 0.6 is 0 Å². The zero-order valence-corrected chi connectivity index (χ0v) is 18.4. The number of guanidine groups is 1. The summed E-state index contributed by atoms with van der Waals surface area (Å²) < 4.78 is 47.8. The molecule has 35 heavy (non-hydrogen) atoms. The summed E-state index contributed by atoms with van der Waals surface area (Å²) in [6, 6.07) is 20.4. The van der Waals surface area contributed by atoms with Crippen LogP contribution in [0.1, 0.15) is 29.2 Å². The molecule has 1 spiro atoms. The minimum atomic E-state index is -4.78. The SMILES string of the molecule is CN1OC2(CC(c3ccc(OC(F)(F)F)cc3)Oc3ccc(-c4ccccc4C#N)cc32)N=C1N. The number of rotatable bonds is 3. The Hall–Kier alpha value is -4.23. The number of nitrogens with zero attached hydrogens (tertiary/aromatic N) is 3. The Labute approximate surface area is 198 Å². The van der Waals surface area contributed by atoms with Gasteiger partial charge in [0.2, 0.25) is 11.7 Å². The number of halogens is 3. The first-order valence-electron chi connectivity index (χ1n) is 10.6. The Morgan fingerprint density at radius 1 is 1.14 bits per heavy atom. The van der Waals surface area contributed by atoms with E-state index in [4.69, 9.17) is 15.3 Å². The predicted octanol–water partition coefficient (Wildman–Crippen LogP) is 4.99. The summed E-state index contributed by atoms with van der Waals surface area (Å²) in [5.41, 5.74) is 8.13. The summed E-state index contributed by atoms with van der Waals surface area (Å²) in [4.78, 5) is 10.7. The van der Waals surface area contributed by atoms with E-state index in [0.717, 1.165) is 11.1 Å². The molecular weight excluding hydrogens is 461 g/mol. The Balaban J connectivity index is 1.55. The third-order valence-electron chi connectivity index (χ3n) is 5.88. The molecule has 10 heteroatoms. The van der Waals surface area contributed by atoms with Gasteiger partial charge in [-0.05, 0) is 47.0 Å². The average Bonchev–Trinajstić information content (AvgIpc) is 3.11. The molecule has 2 N–H and O–H groups in total. The molecule has 0 aromatic heterocycles. The largest absolute Gasteiger partial charge is 0.573 e. The van der Waals surface area contributed by atoms with Crippen LogP contribution in [0.4, 0.5) is 13.2 Å². The number of fused-ring (bicyclic) bond motifs is 2. The van der Waals surface area contributed by atoms with E-state index >= 15 is 0 Å². The topological polar surface area (TPSA) is 93.1 Å². The quantitative estimate of drug-likeness (QED) is 0.568. The highest BCUT2D eigenvalue weighted by molar-refractivity contribution is 5.79. The molecule has 178 valence electrons. The molecule has 3 aromatic carbocycles. The zero-order chi connectivity index (χ0) is 24.8. The van der Waals surface area contributed by atoms with E-state index in [9.17, 15) is 18.4 Å². The van der Waals surface area contributed by atoms with E-state index in [1.807, 2.05) is 24.3 Å². The van der Waals surface area contributed by atoms with Gasteiger partial charge in [-0.25, -0.2) is 14.9 Å². The molecule has 2 heterocycles. The van der Waals surface area contributed by atoms with E-state index in [-0.39, 0.29) is 18.1 Å². The van der Waals surface area contributed by atoms with Gasteiger partial charge in [0.25, 0.3) is 0 Å². The molecule has 3 aromatic rings. The van der Waals surface area contributed by atoms with Crippen molar-refractivity contribution in [2.24, 2.45) is 10.7 Å². The van der Waals surface area contributed by atoms with Crippen molar-refractivity contribution in [3.63, 3.8) is 0 Å². The third-order valence-corrected chi connectivity index (χ3v) is 5.88. The molecule has 0 fully saturated rings. The summed E-state index contributed by atoms with van der Waals surface area (Å²) in [6.45, 7) is 0. The maximum absolute atomic E-state index is 12.5. The lowest BCUT2D eigenvalue weighted by atomic mass is 9.87. The fourth-order valence-corrected chi connectivity index (χ4v) is 4.31. The fourth-order valence-electron chi connectivity index (χ4n) is 4.31. The van der Waals surface area contributed by atoms with Gasteiger partial charge < -0.3 is 15.2 Å². The van der Waals surface area contributed by atoms with Gasteiger partial charge in [-0.3, -0.25) is 0 Å². The van der Waals surface area contributed by atoms with E-state index in [0.29, 0.717) is 22.4 Å². The summed E-state index contributed by atoms with van der Waals surface area (Å²) >= 11 is 0. The Morgan fingerprint density at radius 3 is 2.54 bits per heavy atom. The van der Waals surface area contributed by atoms with E-state index in [2.05, 4.69) is 15.8 Å². The maximum Gasteiger partial charge on any atom is 0.573 e. The van der Waals surface area contributed by atoms with Gasteiger partial charge in [0.15, 0.2) is 0 Å². The molecule has 2 unspecified atom stereocenters. The second-order valence-electron chi connectivity index (χ2n) is 8.14. The van der Waals surface area contributed by atoms with Gasteiger partial charge in [0.05, 0.1) is 17.2 Å². The van der Waals surface area contributed by atoms with Crippen molar-refractivity contribution in [2.75, 3.05) is 7.05 Å². The number of benzene rings is 3. The summed E-state index contributed by atoms with van der Waals surface area (Å²) in [7, 11) is 1.63. The molecule has 5 rings (SSSR count). The first kappa shape index (κ1) is 22.6. The van der Waals surface area contributed by atoms with Gasteiger partial charge in [-0.15, -0.1) is 13.2 Å². The van der Waals surface area contributed by atoms with Crippen molar-refractivity contribution in [1.29, 1.82) is 5.26 Å². The molecule has 0 saturated carbocycles. The van der Waals surface area contributed by atoms with E-state index < -0.39 is 18.2 Å². The second kappa shape index (κ2) is 8.21. The van der Waals surface area contributed by atoms with Gasteiger partial charge >= 0.3 is 6.36 Å². The maximum atomic E-state index is 12.5. The minimum Gasteiger partial charge on any atom is -0.485 e. The number of nitriles is 1. The van der Waals surface area contributed by atoms with Crippen molar-refractivity contribution in [3.8, 4) is 28.7 Å². The highest BCUT2D eigenvalue weighted by Gasteiger charge is 2.49. The Kier molecular flexibility index (Phi) is 5.29. The molecule has 0 saturated heterocycles. The van der Waals surface area contributed by atoms with Crippen LogP contribution in [0.15, 0.2) is 71.7 Å². The molecular formula is C25H19F3N4O3. The van der Waals surface area contributed by atoms with Crippen molar-refractivity contribution in [1.82, 2.24) is 5.06 Å². The lowest BCUT2D eigenvalue weighted by Gasteiger charge is -2.37. The molecule has 0 aliphatic carbocycles. The van der Waals surface area contributed by atoms with Crippen LogP contribution in [0, 0.1) is 11.3 Å². The summed E-state index contributed by atoms with van der Waals surface area (Å²) in [5.74, 6) is 0.336. The molecule has 7 nitrogen and oxygen atoms in total. The van der Waals surface area contributed by atoms with Crippen LogP contribution in [0.5, 0.6) is 11.5 Å². The molecule has 2 aliphatic rings. The van der Waals surface area contributed by atoms with Gasteiger partial charge in [-0.2, -0.15) is 5.26 Å². The molecule has 2 aliphatic heterocycles. The molecule has 0 bridgehead atoms. The first-order chi connectivity index (χ1) is 16.7. The number of ether oxygens (including phenoxy) is 2. The molecule has 0 amide bonds. The second-order valence-corrected chi connectivity index (χ2v) is 8.14. The monoisotopic (exact) mass is 480 g/mol. The van der Waals surface area contributed by atoms with Crippen LogP contribution < -0.4 is 15.2 Å². The summed E-state index contributed by atoms with van der Waals surface area (Å²) in [5, 5.41) is 10.9. The zero-order valence-electron chi connectivity index (χ0n) is 18.4.